The van der Waals surface area contributed by atoms with Crippen molar-refractivity contribution >= 4 is 24.0 Å². The number of ether oxygens (including phenoxy) is 2. The van der Waals surface area contributed by atoms with Gasteiger partial charge in [0.25, 0.3) is 0 Å². The first kappa shape index (κ1) is 21.9. The van der Waals surface area contributed by atoms with E-state index in [1.807, 2.05) is 0 Å². The van der Waals surface area contributed by atoms with Crippen molar-refractivity contribution < 1.29 is 48.9 Å². The summed E-state index contributed by atoms with van der Waals surface area (Å²) < 4.78 is 8.08. The van der Waals surface area contributed by atoms with E-state index in [1.54, 1.807) is 0 Å². The van der Waals surface area contributed by atoms with Crippen molar-refractivity contribution in [3.8, 4) is 0 Å². The van der Waals surface area contributed by atoms with Crippen LogP contribution in [0.4, 0.5) is 22.6 Å². The minimum absolute atomic E-state index is 0. The molecule has 0 fully saturated rings. The summed E-state index contributed by atoms with van der Waals surface area (Å²) in [5.74, 6) is 0.125. The number of hydrogen-bond donors (Lipinski definition) is 3. The second kappa shape index (κ2) is 13.7. The summed E-state index contributed by atoms with van der Waals surface area (Å²) in [5.41, 5.74) is 15.4. The van der Waals surface area contributed by atoms with E-state index in [1.165, 1.54) is 14.2 Å². The summed E-state index contributed by atoms with van der Waals surface area (Å²) in [5, 5.41) is 8.25. The molecule has 11 heteroatoms. The van der Waals surface area contributed by atoms with Gasteiger partial charge >= 0.3 is 35.7 Å². The molecular formula is C7H15N6NaO4. The maximum atomic E-state index is 9.74. The molecule has 0 amide bonds. The van der Waals surface area contributed by atoms with Gasteiger partial charge in [-0.1, -0.05) is 0 Å². The second-order valence-corrected chi connectivity index (χ2v) is 2.07. The van der Waals surface area contributed by atoms with Crippen LogP contribution in [0.5, 0.6) is 0 Å². The predicted molar refractivity (Wildman–Crippen MR) is 58.4 cm³/mol. The Morgan fingerprint density at radius 3 is 1.28 bits per heavy atom. The summed E-state index contributed by atoms with van der Waals surface area (Å²) >= 11 is 0. The quantitative estimate of drug-likeness (QED) is 0.305. The van der Waals surface area contributed by atoms with Crippen LogP contribution in [0, 0.1) is 0 Å². The van der Waals surface area contributed by atoms with E-state index in [4.69, 9.17) is 22.3 Å². The molecule has 0 aliphatic carbocycles. The van der Waals surface area contributed by atoms with E-state index in [9.17, 15) is 4.79 Å². The van der Waals surface area contributed by atoms with Gasteiger partial charge in [0, 0.05) is 0 Å². The normalized spacial score (nSPS) is 7.33. The number of aromatic nitrogens is 3. The number of nitrogens with two attached hydrogens (primary N) is 3. The van der Waals surface area contributed by atoms with Gasteiger partial charge < -0.3 is 31.8 Å². The third-order valence-electron chi connectivity index (χ3n) is 1.02. The van der Waals surface area contributed by atoms with Crippen molar-refractivity contribution in [3.63, 3.8) is 0 Å². The number of hydrogen-bond acceptors (Lipinski definition) is 10. The molecular weight excluding hydrogens is 255 g/mol. The summed E-state index contributed by atoms with van der Waals surface area (Å²) in [6, 6.07) is 0. The number of anilines is 3. The SMILES string of the molecule is COC(=O)OC.C[O-].Nc1nc(N)nc(N)n1.[Na+]. The number of rotatable bonds is 0. The van der Waals surface area contributed by atoms with Crippen molar-refractivity contribution in [1.82, 2.24) is 15.0 Å². The predicted octanol–water partition coefficient (Wildman–Crippen LogP) is -5.00. The molecule has 0 saturated carbocycles. The molecule has 10 nitrogen and oxygen atoms in total. The van der Waals surface area contributed by atoms with Crippen LogP contribution in [0.2, 0.25) is 0 Å². The van der Waals surface area contributed by atoms with Gasteiger partial charge in [0.2, 0.25) is 17.8 Å². The van der Waals surface area contributed by atoms with Crippen LogP contribution in [0.1, 0.15) is 0 Å². The van der Waals surface area contributed by atoms with Gasteiger partial charge in [0.15, 0.2) is 0 Å². The Labute approximate surface area is 126 Å². The first-order valence-electron chi connectivity index (χ1n) is 4.04. The third kappa shape index (κ3) is 12.7. The van der Waals surface area contributed by atoms with Crippen LogP contribution in [0.15, 0.2) is 0 Å². The number of methoxy groups -OCH3 is 2. The molecule has 1 aromatic rings. The molecule has 0 spiro atoms. The number of carbonyl (C=O) groups is 1. The fraction of sp³-hybridized carbons (Fsp3) is 0.429. The zero-order valence-corrected chi connectivity index (χ0v) is 12.7. The smallest absolute Gasteiger partial charge is 0.857 e. The van der Waals surface area contributed by atoms with Crippen LogP contribution >= 0.6 is 0 Å². The van der Waals surface area contributed by atoms with E-state index in [2.05, 4.69) is 24.4 Å². The minimum Gasteiger partial charge on any atom is -0.857 e. The zero-order valence-electron chi connectivity index (χ0n) is 10.7. The van der Waals surface area contributed by atoms with Crippen molar-refractivity contribution in [2.45, 2.75) is 0 Å². The topological polar surface area (TPSA) is 175 Å². The van der Waals surface area contributed by atoms with Crippen molar-refractivity contribution in [2.24, 2.45) is 0 Å². The standard InChI is InChI=1S/C3H6N6.C3H6O3.CH3O.Na/c4-1-7-2(5)9-3(6)8-1;1-5-3(4)6-2;1-2;/h(H6,4,5,6,7,8,9);1-2H3;1H3;/q;;-1;+1. The van der Waals surface area contributed by atoms with Crippen molar-refractivity contribution in [2.75, 3.05) is 38.5 Å². The van der Waals surface area contributed by atoms with Crippen LogP contribution in [0.25, 0.3) is 0 Å². The molecule has 1 aromatic heterocycles. The van der Waals surface area contributed by atoms with E-state index < -0.39 is 6.16 Å². The van der Waals surface area contributed by atoms with Crippen LogP contribution in [0.3, 0.4) is 0 Å². The van der Waals surface area contributed by atoms with Gasteiger partial charge in [-0.3, -0.25) is 0 Å². The molecule has 0 atom stereocenters. The largest absolute Gasteiger partial charge is 1.00 e. The first-order chi connectivity index (χ1) is 7.99. The van der Waals surface area contributed by atoms with E-state index in [-0.39, 0.29) is 47.4 Å². The van der Waals surface area contributed by atoms with E-state index >= 15 is 0 Å². The van der Waals surface area contributed by atoms with E-state index in [0.717, 1.165) is 7.11 Å². The molecule has 0 unspecified atom stereocenters. The Hall–Kier alpha value is -1.36. The van der Waals surface area contributed by atoms with E-state index in [0.29, 0.717) is 0 Å². The third-order valence-corrected chi connectivity index (χ3v) is 1.02. The maximum Gasteiger partial charge on any atom is 1.00 e. The fourth-order valence-electron chi connectivity index (χ4n) is 0.510. The Bertz CT molecular complexity index is 283. The molecule has 0 saturated heterocycles. The maximum absolute atomic E-state index is 9.74. The van der Waals surface area contributed by atoms with Gasteiger partial charge in [-0.25, -0.2) is 4.79 Å². The second-order valence-electron chi connectivity index (χ2n) is 2.07. The summed E-state index contributed by atoms with van der Waals surface area (Å²) in [6.45, 7) is 0. The van der Waals surface area contributed by atoms with Crippen LogP contribution in [-0.4, -0.2) is 42.4 Å². The molecule has 98 valence electrons. The molecule has 1 heterocycles. The Kier molecular flexibility index (Phi) is 16.7. The van der Waals surface area contributed by atoms with Gasteiger partial charge in [0.1, 0.15) is 0 Å². The molecule has 18 heavy (non-hydrogen) atoms. The average molecular weight is 270 g/mol. The molecule has 0 aliphatic rings. The zero-order chi connectivity index (χ0) is 13.8. The summed E-state index contributed by atoms with van der Waals surface area (Å²) in [4.78, 5) is 20.2. The number of nitrogens with zero attached hydrogens (tertiary/aromatic N) is 3. The molecule has 0 bridgehead atoms. The van der Waals surface area contributed by atoms with Gasteiger partial charge in [-0.15, -0.1) is 0 Å². The van der Waals surface area contributed by atoms with Crippen molar-refractivity contribution in [3.05, 3.63) is 0 Å². The fourth-order valence-corrected chi connectivity index (χ4v) is 0.510. The summed E-state index contributed by atoms with van der Waals surface area (Å²) in [6.07, 6.45) is -0.657. The van der Waals surface area contributed by atoms with Gasteiger partial charge in [-0.2, -0.15) is 22.1 Å². The molecule has 1 rings (SSSR count). The Balaban J connectivity index is -0.000000222. The first-order valence-corrected chi connectivity index (χ1v) is 4.04. The molecule has 0 radical (unpaired) electrons. The van der Waals surface area contributed by atoms with Gasteiger partial charge in [-0.05, 0) is 0 Å². The average Bonchev–Trinajstić information content (AvgIpc) is 2.29. The molecule has 0 aromatic carbocycles. The molecule has 0 aliphatic heterocycles. The van der Waals surface area contributed by atoms with Crippen LogP contribution < -0.4 is 51.9 Å². The van der Waals surface area contributed by atoms with Crippen LogP contribution in [-0.2, 0) is 9.47 Å². The van der Waals surface area contributed by atoms with Gasteiger partial charge in [0.05, 0.1) is 14.2 Å². The Morgan fingerprint density at radius 1 is 0.944 bits per heavy atom. The monoisotopic (exact) mass is 270 g/mol. The number of nitrogen functional groups attached to an aromatic ring is 3. The number of carbonyl (C=O) groups excluding carboxylic acids is 1. The minimum atomic E-state index is -0.657. The Morgan fingerprint density at radius 2 is 1.17 bits per heavy atom. The molecule has 6 N–H and O–H groups in total. The summed E-state index contributed by atoms with van der Waals surface area (Å²) in [7, 11) is 3.26. The van der Waals surface area contributed by atoms with Crippen molar-refractivity contribution in [1.29, 1.82) is 0 Å².